The van der Waals surface area contributed by atoms with E-state index in [4.69, 9.17) is 0 Å². The first kappa shape index (κ1) is 15.7. The Morgan fingerprint density at radius 1 is 1.09 bits per heavy atom. The molecule has 3 rings (SSSR count). The lowest BCUT2D eigenvalue weighted by Gasteiger charge is -2.34. The van der Waals surface area contributed by atoms with Crippen molar-refractivity contribution in [2.24, 2.45) is 11.8 Å². The topological polar surface area (TPSA) is 78.4 Å². The smallest absolute Gasteiger partial charge is 0.317 e. The first-order chi connectivity index (χ1) is 11.2. The van der Waals surface area contributed by atoms with Crippen molar-refractivity contribution in [1.29, 1.82) is 0 Å². The molecule has 1 N–H and O–H groups in total. The van der Waals surface area contributed by atoms with Gasteiger partial charge in [0.1, 0.15) is 5.69 Å². The molecular formula is C16H23N5O2. The third-order valence-corrected chi connectivity index (χ3v) is 5.00. The summed E-state index contributed by atoms with van der Waals surface area (Å²) in [4.78, 5) is 35.9. The number of likely N-dealkylation sites (tertiary alicyclic amines) is 2. The maximum atomic E-state index is 12.4. The number of nitrogens with one attached hydrogen (secondary N) is 1. The molecule has 1 atom stereocenters. The van der Waals surface area contributed by atoms with E-state index in [2.05, 4.69) is 15.3 Å². The second-order valence-electron chi connectivity index (χ2n) is 6.27. The Bertz CT molecular complexity index is 557. The van der Waals surface area contributed by atoms with Gasteiger partial charge in [0.25, 0.3) is 5.91 Å². The molecule has 3 heterocycles. The van der Waals surface area contributed by atoms with Crippen molar-refractivity contribution >= 4 is 11.9 Å². The van der Waals surface area contributed by atoms with Crippen LogP contribution in [-0.2, 0) is 0 Å². The van der Waals surface area contributed by atoms with Gasteiger partial charge in [0.05, 0.1) is 6.20 Å². The largest absolute Gasteiger partial charge is 0.341 e. The van der Waals surface area contributed by atoms with Crippen LogP contribution in [0.2, 0.25) is 0 Å². The van der Waals surface area contributed by atoms with Crippen molar-refractivity contribution in [2.45, 2.75) is 19.3 Å². The fourth-order valence-electron chi connectivity index (χ4n) is 3.66. The summed E-state index contributed by atoms with van der Waals surface area (Å²) in [6.07, 6.45) is 7.73. The van der Waals surface area contributed by atoms with Gasteiger partial charge in [0.15, 0.2) is 0 Å². The minimum absolute atomic E-state index is 0.00864. The van der Waals surface area contributed by atoms with Gasteiger partial charge >= 0.3 is 6.03 Å². The number of urea groups is 1. The van der Waals surface area contributed by atoms with Crippen LogP contribution >= 0.6 is 0 Å². The summed E-state index contributed by atoms with van der Waals surface area (Å²) < 4.78 is 0. The van der Waals surface area contributed by atoms with Crippen LogP contribution < -0.4 is 5.32 Å². The number of carbonyl (C=O) groups is 2. The third-order valence-electron chi connectivity index (χ3n) is 5.00. The lowest BCUT2D eigenvalue weighted by molar-refractivity contribution is 0.0770. The molecule has 2 aliphatic heterocycles. The molecule has 7 heteroatoms. The maximum Gasteiger partial charge on any atom is 0.317 e. The molecule has 0 saturated carbocycles. The number of aromatic nitrogens is 2. The molecule has 1 unspecified atom stereocenters. The fraction of sp³-hybridized carbons (Fsp3) is 0.625. The summed E-state index contributed by atoms with van der Waals surface area (Å²) in [7, 11) is 1.67. The van der Waals surface area contributed by atoms with Crippen LogP contribution in [0.25, 0.3) is 0 Å². The Morgan fingerprint density at radius 3 is 2.43 bits per heavy atom. The van der Waals surface area contributed by atoms with E-state index in [-0.39, 0.29) is 11.9 Å². The van der Waals surface area contributed by atoms with E-state index in [0.29, 0.717) is 17.5 Å². The zero-order valence-electron chi connectivity index (χ0n) is 13.4. The molecule has 2 saturated heterocycles. The lowest BCUT2D eigenvalue weighted by Crippen LogP contribution is -2.44. The fourth-order valence-corrected chi connectivity index (χ4v) is 3.66. The Hall–Kier alpha value is -2.18. The van der Waals surface area contributed by atoms with Crippen LogP contribution in [0.5, 0.6) is 0 Å². The van der Waals surface area contributed by atoms with Gasteiger partial charge in [-0.05, 0) is 31.1 Å². The lowest BCUT2D eigenvalue weighted by atomic mass is 9.84. The van der Waals surface area contributed by atoms with Crippen molar-refractivity contribution in [1.82, 2.24) is 25.1 Å². The van der Waals surface area contributed by atoms with Crippen molar-refractivity contribution < 1.29 is 9.59 Å². The number of rotatable bonds is 2. The average molecular weight is 317 g/mol. The van der Waals surface area contributed by atoms with E-state index >= 15 is 0 Å². The minimum Gasteiger partial charge on any atom is -0.341 e. The number of piperidine rings is 1. The van der Waals surface area contributed by atoms with E-state index in [0.717, 1.165) is 45.4 Å². The molecule has 0 radical (unpaired) electrons. The number of carbonyl (C=O) groups excluding carboxylic acids is 2. The quantitative estimate of drug-likeness (QED) is 0.882. The van der Waals surface area contributed by atoms with Gasteiger partial charge in [-0.2, -0.15) is 0 Å². The molecule has 1 aromatic rings. The van der Waals surface area contributed by atoms with Gasteiger partial charge in [-0.1, -0.05) is 0 Å². The summed E-state index contributed by atoms with van der Waals surface area (Å²) in [6, 6.07) is 0.00864. The zero-order chi connectivity index (χ0) is 16.2. The molecule has 1 aromatic heterocycles. The molecule has 3 amide bonds. The van der Waals surface area contributed by atoms with E-state index in [9.17, 15) is 9.59 Å². The molecular weight excluding hydrogens is 294 g/mol. The van der Waals surface area contributed by atoms with Crippen LogP contribution in [-0.4, -0.2) is 64.9 Å². The molecule has 2 fully saturated rings. The molecule has 23 heavy (non-hydrogen) atoms. The van der Waals surface area contributed by atoms with Crippen molar-refractivity contribution in [3.8, 4) is 0 Å². The number of hydrogen-bond donors (Lipinski definition) is 1. The maximum absolute atomic E-state index is 12.4. The summed E-state index contributed by atoms with van der Waals surface area (Å²) in [5.41, 5.74) is 0.419. The van der Waals surface area contributed by atoms with E-state index in [1.54, 1.807) is 19.4 Å². The molecule has 0 bridgehead atoms. The van der Waals surface area contributed by atoms with E-state index < -0.39 is 0 Å². The predicted molar refractivity (Wildman–Crippen MR) is 84.8 cm³/mol. The molecule has 2 aliphatic rings. The second kappa shape index (κ2) is 6.93. The summed E-state index contributed by atoms with van der Waals surface area (Å²) in [6.45, 7) is 3.19. The van der Waals surface area contributed by atoms with Gasteiger partial charge in [0, 0.05) is 45.6 Å². The van der Waals surface area contributed by atoms with Crippen LogP contribution in [0.15, 0.2) is 18.6 Å². The monoisotopic (exact) mass is 317 g/mol. The second-order valence-corrected chi connectivity index (χ2v) is 6.27. The Balaban J connectivity index is 1.53. The van der Waals surface area contributed by atoms with Crippen LogP contribution in [0.1, 0.15) is 29.8 Å². The normalized spacial score (nSPS) is 22.2. The first-order valence-corrected chi connectivity index (χ1v) is 8.21. The minimum atomic E-state index is -0.0246. The highest BCUT2D eigenvalue weighted by Crippen LogP contribution is 2.32. The molecule has 0 aliphatic carbocycles. The molecule has 0 spiro atoms. The van der Waals surface area contributed by atoms with Crippen LogP contribution in [0.4, 0.5) is 4.79 Å². The SMILES string of the molecule is CNC(=O)N1CCC(C2CCN(C(=O)c3cnccn3)C2)CC1. The van der Waals surface area contributed by atoms with Gasteiger partial charge in [0.2, 0.25) is 0 Å². The summed E-state index contributed by atoms with van der Waals surface area (Å²) in [5.74, 6) is 1.10. The zero-order valence-corrected chi connectivity index (χ0v) is 13.4. The summed E-state index contributed by atoms with van der Waals surface area (Å²) >= 11 is 0. The number of hydrogen-bond acceptors (Lipinski definition) is 4. The number of nitrogens with zero attached hydrogens (tertiary/aromatic N) is 4. The molecule has 0 aromatic carbocycles. The van der Waals surface area contributed by atoms with Gasteiger partial charge < -0.3 is 15.1 Å². The highest BCUT2D eigenvalue weighted by atomic mass is 16.2. The Morgan fingerprint density at radius 2 is 1.78 bits per heavy atom. The van der Waals surface area contributed by atoms with E-state index in [1.165, 1.54) is 6.20 Å². The Kier molecular flexibility index (Phi) is 4.73. The summed E-state index contributed by atoms with van der Waals surface area (Å²) in [5, 5.41) is 2.68. The number of amides is 3. The van der Waals surface area contributed by atoms with Gasteiger partial charge in [-0.25, -0.2) is 9.78 Å². The average Bonchev–Trinajstić information content (AvgIpc) is 3.11. The van der Waals surface area contributed by atoms with Crippen molar-refractivity contribution in [3.63, 3.8) is 0 Å². The van der Waals surface area contributed by atoms with Crippen LogP contribution in [0, 0.1) is 11.8 Å². The van der Waals surface area contributed by atoms with Gasteiger partial charge in [-0.15, -0.1) is 0 Å². The standard InChI is InChI=1S/C16H23N5O2/c1-17-16(23)20-7-2-12(3-8-20)13-4-9-21(11-13)15(22)14-10-18-5-6-19-14/h5-6,10,12-13H,2-4,7-9,11H2,1H3,(H,17,23). The first-order valence-electron chi connectivity index (χ1n) is 8.21. The van der Waals surface area contributed by atoms with Crippen molar-refractivity contribution in [3.05, 3.63) is 24.3 Å². The third kappa shape index (κ3) is 3.43. The predicted octanol–water partition coefficient (Wildman–Crippen LogP) is 0.990. The molecule has 124 valence electrons. The van der Waals surface area contributed by atoms with E-state index in [1.807, 2.05) is 9.80 Å². The van der Waals surface area contributed by atoms with Crippen LogP contribution in [0.3, 0.4) is 0 Å². The Labute approximate surface area is 136 Å². The highest BCUT2D eigenvalue weighted by Gasteiger charge is 2.34. The van der Waals surface area contributed by atoms with Gasteiger partial charge in [-0.3, -0.25) is 9.78 Å². The molecule has 7 nitrogen and oxygen atoms in total. The van der Waals surface area contributed by atoms with Crippen molar-refractivity contribution in [2.75, 3.05) is 33.2 Å². The highest BCUT2D eigenvalue weighted by molar-refractivity contribution is 5.92.